The minimum atomic E-state index is -0.822. The lowest BCUT2D eigenvalue weighted by molar-refractivity contribution is -0.142. The number of nitrogens with one attached hydrogen (secondary N) is 1. The van der Waals surface area contributed by atoms with Gasteiger partial charge in [0.05, 0.1) is 19.8 Å². The Bertz CT molecular complexity index is 594. The highest BCUT2D eigenvalue weighted by molar-refractivity contribution is 5.99. The number of ether oxygens (including phenoxy) is 2. The van der Waals surface area contributed by atoms with Crippen LogP contribution in [0.3, 0.4) is 0 Å². The first-order valence-electron chi connectivity index (χ1n) is 6.60. The highest BCUT2D eigenvalue weighted by Gasteiger charge is 2.22. The van der Waals surface area contributed by atoms with Crippen molar-refractivity contribution in [3.8, 4) is 0 Å². The first-order chi connectivity index (χ1) is 10.4. The number of methoxy groups -OCH3 is 2. The second kappa shape index (κ2) is 7.97. The van der Waals surface area contributed by atoms with Gasteiger partial charge < -0.3 is 14.8 Å². The van der Waals surface area contributed by atoms with Gasteiger partial charge in [0.15, 0.2) is 0 Å². The standard InChI is InChI=1S/C16H19NO5/c1-10(2)8-13(16(20)22-4)17-14(18)11-6-5-7-12(9-11)15(19)21-3/h5-7,9,13H,1,8H2,2-4H3,(H,17,18)/t13-/m1/s1. The van der Waals surface area contributed by atoms with Gasteiger partial charge in [0.1, 0.15) is 6.04 Å². The van der Waals surface area contributed by atoms with E-state index in [-0.39, 0.29) is 17.5 Å². The smallest absolute Gasteiger partial charge is 0.337 e. The van der Waals surface area contributed by atoms with E-state index in [2.05, 4.69) is 21.4 Å². The topological polar surface area (TPSA) is 81.7 Å². The molecule has 0 aliphatic heterocycles. The van der Waals surface area contributed by atoms with E-state index in [1.165, 1.54) is 32.4 Å². The van der Waals surface area contributed by atoms with Crippen LogP contribution in [0.1, 0.15) is 34.1 Å². The predicted octanol–water partition coefficient (Wildman–Crippen LogP) is 1.71. The first-order valence-corrected chi connectivity index (χ1v) is 6.60. The van der Waals surface area contributed by atoms with E-state index < -0.39 is 23.9 Å². The summed E-state index contributed by atoms with van der Waals surface area (Å²) < 4.78 is 9.26. The summed E-state index contributed by atoms with van der Waals surface area (Å²) in [6.07, 6.45) is 0.273. The van der Waals surface area contributed by atoms with Crippen molar-refractivity contribution in [2.24, 2.45) is 0 Å². The van der Waals surface area contributed by atoms with E-state index in [4.69, 9.17) is 0 Å². The Hall–Kier alpha value is -2.63. The zero-order valence-corrected chi connectivity index (χ0v) is 12.8. The third-order valence-electron chi connectivity index (χ3n) is 2.89. The molecule has 0 saturated heterocycles. The van der Waals surface area contributed by atoms with Crippen LogP contribution in [0.5, 0.6) is 0 Å². The molecule has 1 amide bonds. The molecule has 0 unspecified atom stereocenters. The molecule has 1 aromatic carbocycles. The molecule has 0 aliphatic rings. The molecule has 0 aromatic heterocycles. The fraction of sp³-hybridized carbons (Fsp3) is 0.312. The van der Waals surface area contributed by atoms with Crippen molar-refractivity contribution in [2.75, 3.05) is 14.2 Å². The average molecular weight is 305 g/mol. The number of hydrogen-bond acceptors (Lipinski definition) is 5. The van der Waals surface area contributed by atoms with Crippen LogP contribution in [0.4, 0.5) is 0 Å². The fourth-order valence-corrected chi connectivity index (χ4v) is 1.83. The molecular weight excluding hydrogens is 286 g/mol. The summed E-state index contributed by atoms with van der Waals surface area (Å²) in [6, 6.07) is 5.21. The molecule has 1 aromatic rings. The highest BCUT2D eigenvalue weighted by atomic mass is 16.5. The lowest BCUT2D eigenvalue weighted by Gasteiger charge is -2.16. The summed E-state index contributed by atoms with van der Waals surface area (Å²) in [5, 5.41) is 2.57. The first kappa shape index (κ1) is 17.4. The summed E-state index contributed by atoms with van der Waals surface area (Å²) in [5.41, 5.74) is 1.24. The average Bonchev–Trinajstić information content (AvgIpc) is 2.52. The van der Waals surface area contributed by atoms with Crippen molar-refractivity contribution in [1.82, 2.24) is 5.32 Å². The number of rotatable bonds is 6. The van der Waals surface area contributed by atoms with Crippen LogP contribution in [0, 0.1) is 0 Å². The van der Waals surface area contributed by atoms with Crippen molar-refractivity contribution in [3.63, 3.8) is 0 Å². The molecule has 6 nitrogen and oxygen atoms in total. The zero-order chi connectivity index (χ0) is 16.7. The van der Waals surface area contributed by atoms with Gasteiger partial charge in [0.25, 0.3) is 5.91 Å². The Kier molecular flexibility index (Phi) is 6.31. The van der Waals surface area contributed by atoms with Gasteiger partial charge in [-0.1, -0.05) is 11.6 Å². The summed E-state index contributed by atoms with van der Waals surface area (Å²) in [5.74, 6) is -1.58. The molecule has 0 spiro atoms. The van der Waals surface area contributed by atoms with Crippen LogP contribution < -0.4 is 5.32 Å². The van der Waals surface area contributed by atoms with Crippen molar-refractivity contribution in [2.45, 2.75) is 19.4 Å². The maximum absolute atomic E-state index is 12.2. The van der Waals surface area contributed by atoms with Crippen LogP contribution in [-0.2, 0) is 14.3 Å². The van der Waals surface area contributed by atoms with Crippen LogP contribution in [0.2, 0.25) is 0 Å². The van der Waals surface area contributed by atoms with Gasteiger partial charge in [-0.2, -0.15) is 0 Å². The van der Waals surface area contributed by atoms with Crippen LogP contribution in [-0.4, -0.2) is 38.1 Å². The van der Waals surface area contributed by atoms with Gasteiger partial charge >= 0.3 is 11.9 Å². The summed E-state index contributed by atoms with van der Waals surface area (Å²) >= 11 is 0. The molecule has 0 aliphatic carbocycles. The largest absolute Gasteiger partial charge is 0.467 e. The Morgan fingerprint density at radius 1 is 1.18 bits per heavy atom. The maximum atomic E-state index is 12.2. The number of hydrogen-bond donors (Lipinski definition) is 1. The number of amides is 1. The molecular formula is C16H19NO5. The number of esters is 2. The van der Waals surface area contributed by atoms with E-state index in [9.17, 15) is 14.4 Å². The number of carbonyl (C=O) groups excluding carboxylic acids is 3. The Morgan fingerprint density at radius 3 is 2.36 bits per heavy atom. The Balaban J connectivity index is 2.92. The van der Waals surface area contributed by atoms with E-state index in [0.717, 1.165) is 5.57 Å². The van der Waals surface area contributed by atoms with Gasteiger partial charge in [-0.3, -0.25) is 4.79 Å². The van der Waals surface area contributed by atoms with Gasteiger partial charge in [-0.15, -0.1) is 6.58 Å². The third kappa shape index (κ3) is 4.73. The monoisotopic (exact) mass is 305 g/mol. The number of benzene rings is 1. The van der Waals surface area contributed by atoms with Crippen LogP contribution >= 0.6 is 0 Å². The van der Waals surface area contributed by atoms with Crippen LogP contribution in [0.15, 0.2) is 36.4 Å². The molecule has 0 fully saturated rings. The molecule has 1 N–H and O–H groups in total. The second-order valence-corrected chi connectivity index (χ2v) is 4.78. The summed E-state index contributed by atoms with van der Waals surface area (Å²) in [7, 11) is 2.51. The fourth-order valence-electron chi connectivity index (χ4n) is 1.83. The third-order valence-corrected chi connectivity index (χ3v) is 2.89. The van der Waals surface area contributed by atoms with Crippen molar-refractivity contribution < 1.29 is 23.9 Å². The van der Waals surface area contributed by atoms with Crippen molar-refractivity contribution in [3.05, 3.63) is 47.5 Å². The predicted molar refractivity (Wildman–Crippen MR) is 80.5 cm³/mol. The molecule has 0 radical (unpaired) electrons. The molecule has 118 valence electrons. The Morgan fingerprint density at radius 2 is 1.82 bits per heavy atom. The molecule has 6 heteroatoms. The Labute approximate surface area is 129 Å². The summed E-state index contributed by atoms with van der Waals surface area (Å²) in [6.45, 7) is 5.47. The van der Waals surface area contributed by atoms with E-state index in [0.29, 0.717) is 0 Å². The van der Waals surface area contributed by atoms with Gasteiger partial charge in [0, 0.05) is 5.56 Å². The molecule has 0 heterocycles. The van der Waals surface area contributed by atoms with Gasteiger partial charge in [-0.25, -0.2) is 9.59 Å². The zero-order valence-electron chi connectivity index (χ0n) is 12.8. The van der Waals surface area contributed by atoms with E-state index in [1.54, 1.807) is 13.0 Å². The molecule has 0 saturated carbocycles. The van der Waals surface area contributed by atoms with Crippen LogP contribution in [0.25, 0.3) is 0 Å². The number of carbonyl (C=O) groups is 3. The minimum absolute atomic E-state index is 0.249. The van der Waals surface area contributed by atoms with E-state index >= 15 is 0 Å². The minimum Gasteiger partial charge on any atom is -0.467 e. The molecule has 22 heavy (non-hydrogen) atoms. The lowest BCUT2D eigenvalue weighted by Crippen LogP contribution is -2.41. The SMILES string of the molecule is C=C(C)C[C@@H](NC(=O)c1cccc(C(=O)OC)c1)C(=O)OC. The quantitative estimate of drug-likeness (QED) is 0.639. The van der Waals surface area contributed by atoms with Gasteiger partial charge in [0.2, 0.25) is 0 Å². The normalized spacial score (nSPS) is 11.2. The second-order valence-electron chi connectivity index (χ2n) is 4.78. The highest BCUT2D eigenvalue weighted by Crippen LogP contribution is 2.09. The molecule has 0 bridgehead atoms. The molecule has 1 rings (SSSR count). The molecule has 1 atom stereocenters. The van der Waals surface area contributed by atoms with E-state index in [1.807, 2.05) is 0 Å². The van der Waals surface area contributed by atoms with Crippen molar-refractivity contribution >= 4 is 17.8 Å². The maximum Gasteiger partial charge on any atom is 0.337 e. The van der Waals surface area contributed by atoms with Gasteiger partial charge in [-0.05, 0) is 31.5 Å². The van der Waals surface area contributed by atoms with Crippen molar-refractivity contribution in [1.29, 1.82) is 0 Å². The lowest BCUT2D eigenvalue weighted by atomic mass is 10.1. The summed E-state index contributed by atoms with van der Waals surface area (Å²) in [4.78, 5) is 35.4.